The Morgan fingerprint density at radius 1 is 1.35 bits per heavy atom. The lowest BCUT2D eigenvalue weighted by Gasteiger charge is -2.28. The Kier molecular flexibility index (Phi) is 5.58. The van der Waals surface area contributed by atoms with Gasteiger partial charge in [0.2, 0.25) is 5.95 Å². The molecule has 3 rings (SSSR count). The molecule has 0 unspecified atom stereocenters. The molecule has 2 saturated heterocycles. The van der Waals surface area contributed by atoms with Crippen LogP contribution in [0.15, 0.2) is 6.07 Å². The van der Waals surface area contributed by atoms with Crippen LogP contribution in [0.2, 0.25) is 0 Å². The summed E-state index contributed by atoms with van der Waals surface area (Å²) < 4.78 is 11.0. The number of ether oxygens (including phenoxy) is 2. The molecule has 7 nitrogen and oxygen atoms in total. The lowest BCUT2D eigenvalue weighted by atomic mass is 10.2. The minimum absolute atomic E-state index is 0.247. The van der Waals surface area contributed by atoms with Gasteiger partial charge in [-0.15, -0.1) is 0 Å². The number of aromatic nitrogens is 2. The van der Waals surface area contributed by atoms with Gasteiger partial charge in [0.25, 0.3) is 0 Å². The predicted molar refractivity (Wildman–Crippen MR) is 93.0 cm³/mol. The molecule has 1 aromatic rings. The minimum Gasteiger partial charge on any atom is -0.378 e. The Balaban J connectivity index is 1.57. The largest absolute Gasteiger partial charge is 0.378 e. The molecule has 2 aliphatic heterocycles. The van der Waals surface area contributed by atoms with Gasteiger partial charge in [0, 0.05) is 38.0 Å². The van der Waals surface area contributed by atoms with Gasteiger partial charge in [-0.2, -0.15) is 4.98 Å². The average molecular weight is 337 g/mol. The SMILES string of the molecule is Cc1cc(N2CCOCC2)nc(NC(=S)NC[C@@H]2CCCO2)n1. The van der Waals surface area contributed by atoms with Gasteiger partial charge in [-0.1, -0.05) is 0 Å². The molecule has 0 spiro atoms. The van der Waals surface area contributed by atoms with Gasteiger partial charge >= 0.3 is 0 Å². The van der Waals surface area contributed by atoms with E-state index in [4.69, 9.17) is 21.7 Å². The van der Waals surface area contributed by atoms with Crippen LogP contribution >= 0.6 is 12.2 Å². The van der Waals surface area contributed by atoms with E-state index in [1.165, 1.54) is 0 Å². The van der Waals surface area contributed by atoms with Crippen LogP contribution in [0.3, 0.4) is 0 Å². The Morgan fingerprint density at radius 2 is 2.17 bits per heavy atom. The highest BCUT2D eigenvalue weighted by molar-refractivity contribution is 7.80. The summed E-state index contributed by atoms with van der Waals surface area (Å²) in [5.74, 6) is 1.43. The van der Waals surface area contributed by atoms with E-state index >= 15 is 0 Å². The standard InChI is InChI=1S/C15H23N5O2S/c1-11-9-13(20-4-7-21-8-5-20)18-14(17-11)19-15(23)16-10-12-3-2-6-22-12/h9,12H,2-8,10H2,1H3,(H2,16,17,18,19,23)/t12-/m0/s1. The number of morpholine rings is 1. The topological polar surface area (TPSA) is 71.5 Å². The second-order valence-electron chi connectivity index (χ2n) is 5.76. The molecular formula is C15H23N5O2S. The molecule has 2 N–H and O–H groups in total. The lowest BCUT2D eigenvalue weighted by molar-refractivity contribution is 0.114. The summed E-state index contributed by atoms with van der Waals surface area (Å²) in [5, 5.41) is 6.77. The van der Waals surface area contributed by atoms with Gasteiger partial charge in [-0.25, -0.2) is 4.98 Å². The number of hydrogen-bond donors (Lipinski definition) is 2. The van der Waals surface area contributed by atoms with Gasteiger partial charge in [-0.05, 0) is 32.0 Å². The average Bonchev–Trinajstić information content (AvgIpc) is 3.07. The minimum atomic E-state index is 0.247. The number of aryl methyl sites for hydroxylation is 1. The van der Waals surface area contributed by atoms with Crippen molar-refractivity contribution in [2.45, 2.75) is 25.9 Å². The molecule has 1 aromatic heterocycles. The van der Waals surface area contributed by atoms with Crippen molar-refractivity contribution in [2.75, 3.05) is 49.7 Å². The van der Waals surface area contributed by atoms with Crippen LogP contribution < -0.4 is 15.5 Å². The van der Waals surface area contributed by atoms with Crippen molar-refractivity contribution in [1.82, 2.24) is 15.3 Å². The van der Waals surface area contributed by atoms with E-state index in [1.807, 2.05) is 13.0 Å². The summed E-state index contributed by atoms with van der Waals surface area (Å²) in [5.41, 5.74) is 0.908. The highest BCUT2D eigenvalue weighted by Crippen LogP contribution is 2.16. The number of thiocarbonyl (C=S) groups is 1. The van der Waals surface area contributed by atoms with E-state index in [-0.39, 0.29) is 6.10 Å². The van der Waals surface area contributed by atoms with E-state index in [2.05, 4.69) is 25.5 Å². The first kappa shape index (κ1) is 16.4. The molecule has 3 heterocycles. The van der Waals surface area contributed by atoms with Gasteiger partial charge < -0.3 is 25.0 Å². The van der Waals surface area contributed by atoms with Gasteiger partial charge in [0.05, 0.1) is 19.3 Å². The van der Waals surface area contributed by atoms with Crippen LogP contribution in [0.5, 0.6) is 0 Å². The zero-order valence-corrected chi connectivity index (χ0v) is 14.2. The van der Waals surface area contributed by atoms with Gasteiger partial charge in [0.1, 0.15) is 5.82 Å². The quantitative estimate of drug-likeness (QED) is 0.791. The van der Waals surface area contributed by atoms with Crippen molar-refractivity contribution in [2.24, 2.45) is 0 Å². The number of rotatable bonds is 4. The summed E-state index contributed by atoms with van der Waals surface area (Å²) in [6.07, 6.45) is 2.45. The first-order valence-corrected chi connectivity index (χ1v) is 8.46. The highest BCUT2D eigenvalue weighted by Gasteiger charge is 2.16. The summed E-state index contributed by atoms with van der Waals surface area (Å²) in [6.45, 7) is 6.67. The van der Waals surface area contributed by atoms with E-state index in [1.54, 1.807) is 0 Å². The fourth-order valence-corrected chi connectivity index (χ4v) is 2.89. The molecule has 0 saturated carbocycles. The van der Waals surface area contributed by atoms with Gasteiger partial charge in [0.15, 0.2) is 5.11 Å². The molecule has 1 atom stereocenters. The molecule has 2 fully saturated rings. The monoisotopic (exact) mass is 337 g/mol. The normalized spacial score (nSPS) is 21.3. The third kappa shape index (κ3) is 4.73. The maximum absolute atomic E-state index is 5.57. The van der Waals surface area contributed by atoms with Crippen molar-refractivity contribution >= 4 is 29.1 Å². The van der Waals surface area contributed by atoms with Crippen molar-refractivity contribution in [3.63, 3.8) is 0 Å². The molecule has 2 aliphatic rings. The van der Waals surface area contributed by atoms with Crippen LogP contribution in [0.1, 0.15) is 18.5 Å². The second kappa shape index (κ2) is 7.85. The first-order valence-electron chi connectivity index (χ1n) is 8.05. The van der Waals surface area contributed by atoms with E-state index in [0.29, 0.717) is 17.6 Å². The number of hydrogen-bond acceptors (Lipinski definition) is 6. The summed E-state index contributed by atoms with van der Waals surface area (Å²) in [4.78, 5) is 11.2. The Labute approximate surface area is 141 Å². The van der Waals surface area contributed by atoms with Crippen molar-refractivity contribution in [1.29, 1.82) is 0 Å². The number of nitrogens with zero attached hydrogens (tertiary/aromatic N) is 3. The molecule has 0 aromatic carbocycles. The summed E-state index contributed by atoms with van der Waals surface area (Å²) in [6, 6.07) is 1.99. The third-order valence-corrected chi connectivity index (χ3v) is 4.16. The van der Waals surface area contributed by atoms with Crippen molar-refractivity contribution in [3.8, 4) is 0 Å². The van der Waals surface area contributed by atoms with Crippen LogP contribution in [0, 0.1) is 6.92 Å². The maximum atomic E-state index is 5.57. The fraction of sp³-hybridized carbons (Fsp3) is 0.667. The van der Waals surface area contributed by atoms with E-state index in [0.717, 1.165) is 57.3 Å². The molecular weight excluding hydrogens is 314 g/mol. The van der Waals surface area contributed by atoms with Gasteiger partial charge in [-0.3, -0.25) is 0 Å². The smallest absolute Gasteiger partial charge is 0.231 e. The summed E-state index contributed by atoms with van der Waals surface area (Å²) in [7, 11) is 0. The number of anilines is 2. The number of nitrogens with one attached hydrogen (secondary N) is 2. The first-order chi connectivity index (χ1) is 11.2. The highest BCUT2D eigenvalue weighted by atomic mass is 32.1. The lowest BCUT2D eigenvalue weighted by Crippen LogP contribution is -2.37. The summed E-state index contributed by atoms with van der Waals surface area (Å²) >= 11 is 5.32. The van der Waals surface area contributed by atoms with E-state index < -0.39 is 0 Å². The van der Waals surface area contributed by atoms with Crippen LogP contribution in [-0.4, -0.2) is 60.6 Å². The van der Waals surface area contributed by atoms with Crippen LogP contribution in [-0.2, 0) is 9.47 Å². The molecule has 23 heavy (non-hydrogen) atoms. The van der Waals surface area contributed by atoms with Crippen LogP contribution in [0.25, 0.3) is 0 Å². The maximum Gasteiger partial charge on any atom is 0.231 e. The van der Waals surface area contributed by atoms with Crippen LogP contribution in [0.4, 0.5) is 11.8 Å². The molecule has 0 aliphatic carbocycles. The molecule has 0 bridgehead atoms. The van der Waals surface area contributed by atoms with Crippen molar-refractivity contribution in [3.05, 3.63) is 11.8 Å². The predicted octanol–water partition coefficient (Wildman–Crippen LogP) is 1.09. The zero-order chi connectivity index (χ0) is 16.1. The zero-order valence-electron chi connectivity index (χ0n) is 13.4. The van der Waals surface area contributed by atoms with E-state index in [9.17, 15) is 0 Å². The Hall–Kier alpha value is -1.51. The molecule has 0 amide bonds. The Morgan fingerprint density at radius 3 is 2.91 bits per heavy atom. The third-order valence-electron chi connectivity index (χ3n) is 3.92. The second-order valence-corrected chi connectivity index (χ2v) is 6.17. The fourth-order valence-electron chi connectivity index (χ4n) is 2.72. The molecule has 0 radical (unpaired) electrons. The van der Waals surface area contributed by atoms with Crippen molar-refractivity contribution < 1.29 is 9.47 Å². The Bertz CT molecular complexity index is 545. The molecule has 126 valence electrons. The molecule has 8 heteroatoms.